The van der Waals surface area contributed by atoms with Crippen LogP contribution < -0.4 is 4.74 Å². The highest BCUT2D eigenvalue weighted by molar-refractivity contribution is 5.94. The molecule has 1 atom stereocenters. The summed E-state index contributed by atoms with van der Waals surface area (Å²) < 4.78 is 6.05. The third kappa shape index (κ3) is 5.81. The zero-order valence-corrected chi connectivity index (χ0v) is 19.1. The number of carbonyl (C=O) groups is 2. The van der Waals surface area contributed by atoms with E-state index in [1.54, 1.807) is 0 Å². The van der Waals surface area contributed by atoms with E-state index < -0.39 is 0 Å². The third-order valence-corrected chi connectivity index (χ3v) is 7.44. The fourth-order valence-electron chi connectivity index (χ4n) is 5.31. The van der Waals surface area contributed by atoms with Gasteiger partial charge in [0.2, 0.25) is 5.91 Å². The van der Waals surface area contributed by atoms with E-state index in [2.05, 4.69) is 11.8 Å². The molecule has 0 N–H and O–H groups in total. The number of amides is 2. The van der Waals surface area contributed by atoms with Gasteiger partial charge in [0.1, 0.15) is 5.75 Å². The van der Waals surface area contributed by atoms with Crippen molar-refractivity contribution in [2.45, 2.75) is 64.7 Å². The molecule has 1 aliphatic carbocycles. The van der Waals surface area contributed by atoms with E-state index in [1.807, 2.05) is 29.2 Å². The average Bonchev–Trinajstić information content (AvgIpc) is 2.83. The van der Waals surface area contributed by atoms with Gasteiger partial charge in [-0.25, -0.2) is 0 Å². The molecule has 1 aromatic rings. The van der Waals surface area contributed by atoms with Crippen LogP contribution in [0.5, 0.6) is 5.75 Å². The minimum absolute atomic E-state index is 0.127. The summed E-state index contributed by atoms with van der Waals surface area (Å²) in [5.74, 6) is 2.66. The predicted molar refractivity (Wildman–Crippen MR) is 122 cm³/mol. The summed E-state index contributed by atoms with van der Waals surface area (Å²) in [7, 11) is 0. The first kappa shape index (κ1) is 22.2. The van der Waals surface area contributed by atoms with Crippen molar-refractivity contribution in [1.82, 2.24) is 9.80 Å². The highest BCUT2D eigenvalue weighted by Gasteiger charge is 2.30. The molecule has 2 amide bonds. The van der Waals surface area contributed by atoms with Crippen LogP contribution >= 0.6 is 0 Å². The van der Waals surface area contributed by atoms with Gasteiger partial charge in [-0.3, -0.25) is 9.59 Å². The van der Waals surface area contributed by atoms with Crippen molar-refractivity contribution in [3.63, 3.8) is 0 Å². The minimum Gasteiger partial charge on any atom is -0.493 e. The summed E-state index contributed by atoms with van der Waals surface area (Å²) in [5, 5.41) is 0. The fraction of sp³-hybridized carbons (Fsp3) is 0.692. The van der Waals surface area contributed by atoms with Crippen molar-refractivity contribution in [3.8, 4) is 5.75 Å². The van der Waals surface area contributed by atoms with Crippen LogP contribution in [0.3, 0.4) is 0 Å². The van der Waals surface area contributed by atoms with Crippen molar-refractivity contribution >= 4 is 11.8 Å². The molecular weight excluding hydrogens is 388 g/mol. The van der Waals surface area contributed by atoms with Crippen LogP contribution in [-0.4, -0.2) is 54.4 Å². The molecule has 2 heterocycles. The van der Waals surface area contributed by atoms with E-state index in [9.17, 15) is 9.59 Å². The van der Waals surface area contributed by atoms with Gasteiger partial charge in [-0.15, -0.1) is 0 Å². The molecule has 0 spiro atoms. The summed E-state index contributed by atoms with van der Waals surface area (Å²) in [6, 6.07) is 7.59. The predicted octanol–water partition coefficient (Wildman–Crippen LogP) is 4.76. The summed E-state index contributed by atoms with van der Waals surface area (Å²) in [4.78, 5) is 29.6. The number of carbonyl (C=O) groups excluding carboxylic acids is 2. The normalized spacial score (nSPS) is 23.6. The molecule has 5 nitrogen and oxygen atoms in total. The smallest absolute Gasteiger partial charge is 0.253 e. The van der Waals surface area contributed by atoms with Crippen molar-refractivity contribution in [2.75, 3.05) is 32.8 Å². The molecule has 0 radical (unpaired) electrons. The molecule has 4 rings (SSSR count). The van der Waals surface area contributed by atoms with Crippen LogP contribution in [0.15, 0.2) is 24.3 Å². The Labute approximate surface area is 187 Å². The van der Waals surface area contributed by atoms with Crippen molar-refractivity contribution in [2.24, 2.45) is 17.8 Å². The highest BCUT2D eigenvalue weighted by atomic mass is 16.5. The Morgan fingerprint density at radius 2 is 1.58 bits per heavy atom. The fourth-order valence-corrected chi connectivity index (χ4v) is 5.31. The lowest BCUT2D eigenvalue weighted by molar-refractivity contribution is -0.138. The second-order valence-corrected chi connectivity index (χ2v) is 9.94. The van der Waals surface area contributed by atoms with Crippen LogP contribution in [0.1, 0.15) is 75.1 Å². The molecule has 3 fully saturated rings. The first-order valence-corrected chi connectivity index (χ1v) is 12.4. The SMILES string of the molecule is CC1CCN(C(=O)c2ccc(OC[C@@H]3CCCN(C(=O)C4CCCCC4)C3)cc2)CC1. The lowest BCUT2D eigenvalue weighted by Crippen LogP contribution is -2.44. The first-order chi connectivity index (χ1) is 15.1. The zero-order chi connectivity index (χ0) is 21.6. The molecule has 0 unspecified atom stereocenters. The Balaban J connectivity index is 1.25. The number of hydrogen-bond acceptors (Lipinski definition) is 3. The molecule has 0 bridgehead atoms. The molecule has 0 aromatic heterocycles. The maximum atomic E-state index is 12.9. The second kappa shape index (κ2) is 10.5. The van der Waals surface area contributed by atoms with Gasteiger partial charge in [0, 0.05) is 43.6 Å². The van der Waals surface area contributed by atoms with Gasteiger partial charge >= 0.3 is 0 Å². The number of piperidine rings is 2. The molecular formula is C26H38N2O3. The van der Waals surface area contributed by atoms with Crippen LogP contribution in [0, 0.1) is 17.8 Å². The summed E-state index contributed by atoms with van der Waals surface area (Å²) in [6.07, 6.45) is 10.2. The Hall–Kier alpha value is -2.04. The average molecular weight is 427 g/mol. The first-order valence-electron chi connectivity index (χ1n) is 12.4. The maximum Gasteiger partial charge on any atom is 0.253 e. The van der Waals surface area contributed by atoms with Crippen LogP contribution in [-0.2, 0) is 4.79 Å². The van der Waals surface area contributed by atoms with Crippen molar-refractivity contribution in [3.05, 3.63) is 29.8 Å². The molecule has 3 aliphatic rings. The number of benzene rings is 1. The molecule has 5 heteroatoms. The number of rotatable bonds is 5. The van der Waals surface area contributed by atoms with Gasteiger partial charge < -0.3 is 14.5 Å². The minimum atomic E-state index is 0.127. The number of nitrogens with zero attached hydrogens (tertiary/aromatic N) is 2. The second-order valence-electron chi connectivity index (χ2n) is 9.94. The monoisotopic (exact) mass is 426 g/mol. The van der Waals surface area contributed by atoms with Gasteiger partial charge in [0.05, 0.1) is 6.61 Å². The van der Waals surface area contributed by atoms with E-state index in [4.69, 9.17) is 4.74 Å². The molecule has 2 saturated heterocycles. The van der Waals surface area contributed by atoms with E-state index in [1.165, 1.54) is 19.3 Å². The van der Waals surface area contributed by atoms with Crippen molar-refractivity contribution in [1.29, 1.82) is 0 Å². The largest absolute Gasteiger partial charge is 0.493 e. The topological polar surface area (TPSA) is 49.9 Å². The van der Waals surface area contributed by atoms with E-state index in [0.717, 1.165) is 76.0 Å². The van der Waals surface area contributed by atoms with Crippen LogP contribution in [0.2, 0.25) is 0 Å². The Morgan fingerprint density at radius 3 is 2.29 bits per heavy atom. The Morgan fingerprint density at radius 1 is 0.871 bits per heavy atom. The van der Waals surface area contributed by atoms with E-state index in [0.29, 0.717) is 24.3 Å². The Kier molecular flexibility index (Phi) is 7.52. The molecule has 2 aliphatic heterocycles. The maximum absolute atomic E-state index is 12.9. The van der Waals surface area contributed by atoms with E-state index >= 15 is 0 Å². The lowest BCUT2D eigenvalue weighted by atomic mass is 9.87. The molecule has 31 heavy (non-hydrogen) atoms. The zero-order valence-electron chi connectivity index (χ0n) is 19.1. The summed E-state index contributed by atoms with van der Waals surface area (Å²) in [6.45, 7) is 6.32. The van der Waals surface area contributed by atoms with Gasteiger partial charge in [-0.2, -0.15) is 0 Å². The van der Waals surface area contributed by atoms with Gasteiger partial charge in [0.25, 0.3) is 5.91 Å². The van der Waals surface area contributed by atoms with E-state index in [-0.39, 0.29) is 11.8 Å². The molecule has 1 saturated carbocycles. The standard InChI is InChI=1S/C26H38N2O3/c1-20-13-16-27(17-14-20)25(29)23-9-11-24(12-10-23)31-19-21-6-5-15-28(18-21)26(30)22-7-3-2-4-8-22/h9-12,20-22H,2-8,13-19H2,1H3/t21-/m1/s1. The molecule has 1 aromatic carbocycles. The van der Waals surface area contributed by atoms with Gasteiger partial charge in [-0.05, 0) is 68.7 Å². The quantitative estimate of drug-likeness (QED) is 0.682. The summed E-state index contributed by atoms with van der Waals surface area (Å²) in [5.41, 5.74) is 0.740. The number of hydrogen-bond donors (Lipinski definition) is 0. The Bertz CT molecular complexity index is 734. The lowest BCUT2D eigenvalue weighted by Gasteiger charge is -2.35. The van der Waals surface area contributed by atoms with Crippen molar-refractivity contribution < 1.29 is 14.3 Å². The number of ether oxygens (including phenoxy) is 1. The summed E-state index contributed by atoms with van der Waals surface area (Å²) >= 11 is 0. The van der Waals surface area contributed by atoms with Crippen LogP contribution in [0.4, 0.5) is 0 Å². The van der Waals surface area contributed by atoms with Crippen LogP contribution in [0.25, 0.3) is 0 Å². The third-order valence-electron chi connectivity index (χ3n) is 7.44. The van der Waals surface area contributed by atoms with Gasteiger partial charge in [-0.1, -0.05) is 26.2 Å². The highest BCUT2D eigenvalue weighted by Crippen LogP contribution is 2.28. The number of likely N-dealkylation sites (tertiary alicyclic amines) is 2. The van der Waals surface area contributed by atoms with Gasteiger partial charge in [0.15, 0.2) is 0 Å². The molecule has 170 valence electrons.